The summed E-state index contributed by atoms with van der Waals surface area (Å²) in [6.07, 6.45) is 0.604. The average Bonchev–Trinajstić information content (AvgIpc) is 3.36. The molecule has 3 aromatic carbocycles. The normalized spacial score (nSPS) is 18.3. The van der Waals surface area contributed by atoms with Crippen LogP contribution in [0.2, 0.25) is 10.0 Å². The van der Waals surface area contributed by atoms with Crippen LogP contribution in [-0.4, -0.2) is 16.1 Å². The highest BCUT2D eigenvalue weighted by atomic mass is 35.5. The maximum absolute atomic E-state index is 13.2. The zero-order valence-electron chi connectivity index (χ0n) is 17.8. The van der Waals surface area contributed by atoms with Crippen molar-refractivity contribution in [2.75, 3.05) is 10.6 Å². The largest absolute Gasteiger partial charge is 0.326 e. The molecule has 2 atom stereocenters. The Labute approximate surface area is 216 Å². The minimum Gasteiger partial charge on any atom is -0.326 e. The lowest BCUT2D eigenvalue weighted by molar-refractivity contribution is -0.117. The lowest BCUT2D eigenvalue weighted by Crippen LogP contribution is -2.19. The molecule has 0 aliphatic heterocycles. The van der Waals surface area contributed by atoms with E-state index < -0.39 is 22.0 Å². The summed E-state index contributed by atoms with van der Waals surface area (Å²) in [6, 6.07) is 15.5. The van der Waals surface area contributed by atoms with Crippen molar-refractivity contribution in [2.24, 2.45) is 5.92 Å². The molecular formula is C25H19Cl4FN2O2. The van der Waals surface area contributed by atoms with Crippen LogP contribution in [0.5, 0.6) is 0 Å². The number of hydrogen-bond donors (Lipinski definition) is 2. The van der Waals surface area contributed by atoms with Crippen molar-refractivity contribution in [1.82, 2.24) is 0 Å². The number of amides is 2. The van der Waals surface area contributed by atoms with Crippen LogP contribution in [0.25, 0.3) is 0 Å². The SMILES string of the molecule is CCc1ccc(NC(=O)C2C(c3cc(Cl)cc(Cl)c3)C2(Cl)Cl)cc1C(=O)Nc1ccc(F)cc1. The minimum absolute atomic E-state index is 0.374. The summed E-state index contributed by atoms with van der Waals surface area (Å²) in [4.78, 5) is 25.9. The lowest BCUT2D eigenvalue weighted by Gasteiger charge is -2.12. The molecule has 0 spiro atoms. The molecule has 1 saturated carbocycles. The Morgan fingerprint density at radius 1 is 0.912 bits per heavy atom. The van der Waals surface area contributed by atoms with Gasteiger partial charge in [0, 0.05) is 32.9 Å². The molecule has 4 rings (SSSR count). The van der Waals surface area contributed by atoms with E-state index in [1.165, 1.54) is 24.3 Å². The molecule has 0 bridgehead atoms. The number of aryl methyl sites for hydroxylation is 1. The summed E-state index contributed by atoms with van der Waals surface area (Å²) in [6.45, 7) is 1.92. The molecule has 0 saturated heterocycles. The summed E-state index contributed by atoms with van der Waals surface area (Å²) in [7, 11) is 0. The topological polar surface area (TPSA) is 58.2 Å². The Hall–Kier alpha value is -2.31. The van der Waals surface area contributed by atoms with Crippen molar-refractivity contribution in [2.45, 2.75) is 23.6 Å². The summed E-state index contributed by atoms with van der Waals surface area (Å²) < 4.78 is 11.8. The van der Waals surface area contributed by atoms with Crippen molar-refractivity contribution in [3.05, 3.63) is 93.2 Å². The first-order valence-corrected chi connectivity index (χ1v) is 12.0. The van der Waals surface area contributed by atoms with Gasteiger partial charge < -0.3 is 10.6 Å². The quantitative estimate of drug-likeness (QED) is 0.319. The van der Waals surface area contributed by atoms with Gasteiger partial charge in [-0.2, -0.15) is 0 Å². The number of nitrogens with one attached hydrogen (secondary N) is 2. The molecule has 2 unspecified atom stereocenters. The van der Waals surface area contributed by atoms with E-state index in [0.29, 0.717) is 39.0 Å². The highest BCUT2D eigenvalue weighted by Gasteiger charge is 2.67. The minimum atomic E-state index is -1.32. The van der Waals surface area contributed by atoms with Gasteiger partial charge in [0.2, 0.25) is 5.91 Å². The Morgan fingerprint density at radius 2 is 1.53 bits per heavy atom. The van der Waals surface area contributed by atoms with Gasteiger partial charge in [-0.15, -0.1) is 23.2 Å². The van der Waals surface area contributed by atoms with Crippen molar-refractivity contribution in [3.8, 4) is 0 Å². The van der Waals surface area contributed by atoms with Crippen molar-refractivity contribution < 1.29 is 14.0 Å². The Balaban J connectivity index is 1.53. The number of anilines is 2. The number of alkyl halides is 2. The molecule has 176 valence electrons. The fraction of sp³-hybridized carbons (Fsp3) is 0.200. The predicted octanol–water partition coefficient (Wildman–Crippen LogP) is 7.47. The molecule has 3 aromatic rings. The van der Waals surface area contributed by atoms with Gasteiger partial charge in [-0.25, -0.2) is 4.39 Å². The van der Waals surface area contributed by atoms with Crippen molar-refractivity contribution in [1.29, 1.82) is 0 Å². The number of rotatable bonds is 6. The summed E-state index contributed by atoms with van der Waals surface area (Å²) in [5.41, 5.74) is 2.73. The maximum atomic E-state index is 13.2. The number of carbonyl (C=O) groups is 2. The maximum Gasteiger partial charge on any atom is 0.256 e. The molecular weight excluding hydrogens is 521 g/mol. The molecule has 1 aliphatic rings. The van der Waals surface area contributed by atoms with E-state index in [9.17, 15) is 14.0 Å². The summed E-state index contributed by atoms with van der Waals surface area (Å²) in [5, 5.41) is 6.39. The van der Waals surface area contributed by atoms with Crippen LogP contribution < -0.4 is 10.6 Å². The highest BCUT2D eigenvalue weighted by molar-refractivity contribution is 6.53. The Kier molecular flexibility index (Phi) is 7.11. The number of carbonyl (C=O) groups excluding carboxylic acids is 2. The molecule has 0 radical (unpaired) electrons. The van der Waals surface area contributed by atoms with Gasteiger partial charge in [0.1, 0.15) is 10.2 Å². The van der Waals surface area contributed by atoms with E-state index in [0.717, 1.165) is 5.56 Å². The van der Waals surface area contributed by atoms with Crippen LogP contribution in [0.4, 0.5) is 15.8 Å². The smallest absolute Gasteiger partial charge is 0.256 e. The van der Waals surface area contributed by atoms with Gasteiger partial charge in [-0.05, 0) is 72.1 Å². The third-order valence-electron chi connectivity index (χ3n) is 5.69. The van der Waals surface area contributed by atoms with Gasteiger partial charge in [-0.3, -0.25) is 9.59 Å². The van der Waals surface area contributed by atoms with Gasteiger partial charge in [-0.1, -0.05) is 36.2 Å². The first kappa shape index (κ1) is 24.8. The van der Waals surface area contributed by atoms with Crippen LogP contribution in [-0.2, 0) is 11.2 Å². The predicted molar refractivity (Wildman–Crippen MR) is 136 cm³/mol. The van der Waals surface area contributed by atoms with Gasteiger partial charge in [0.25, 0.3) is 5.91 Å². The van der Waals surface area contributed by atoms with Crippen LogP contribution >= 0.6 is 46.4 Å². The molecule has 1 aliphatic carbocycles. The van der Waals surface area contributed by atoms with E-state index in [2.05, 4.69) is 10.6 Å². The molecule has 4 nitrogen and oxygen atoms in total. The van der Waals surface area contributed by atoms with Crippen LogP contribution in [0.1, 0.15) is 34.3 Å². The zero-order valence-corrected chi connectivity index (χ0v) is 20.9. The second-order valence-electron chi connectivity index (χ2n) is 8.01. The molecule has 0 heterocycles. The molecule has 34 heavy (non-hydrogen) atoms. The highest BCUT2D eigenvalue weighted by Crippen LogP contribution is 2.65. The molecule has 0 aromatic heterocycles. The molecule has 2 N–H and O–H groups in total. The van der Waals surface area contributed by atoms with Crippen molar-refractivity contribution >= 4 is 69.6 Å². The Morgan fingerprint density at radius 3 is 2.15 bits per heavy atom. The third kappa shape index (κ3) is 5.18. The van der Waals surface area contributed by atoms with Crippen LogP contribution in [0, 0.1) is 11.7 Å². The third-order valence-corrected chi connectivity index (χ3v) is 7.06. The van der Waals surface area contributed by atoms with Gasteiger partial charge in [0.15, 0.2) is 0 Å². The zero-order chi connectivity index (χ0) is 24.6. The van der Waals surface area contributed by atoms with Crippen LogP contribution in [0.3, 0.4) is 0 Å². The summed E-state index contributed by atoms with van der Waals surface area (Å²) in [5.74, 6) is -2.37. The number of benzene rings is 3. The molecule has 9 heteroatoms. The number of halogens is 5. The van der Waals surface area contributed by atoms with E-state index in [1.54, 1.807) is 36.4 Å². The summed E-state index contributed by atoms with van der Waals surface area (Å²) >= 11 is 25.0. The van der Waals surface area contributed by atoms with Crippen molar-refractivity contribution in [3.63, 3.8) is 0 Å². The van der Waals surface area contributed by atoms with Crippen LogP contribution in [0.15, 0.2) is 60.7 Å². The first-order chi connectivity index (χ1) is 16.1. The van der Waals surface area contributed by atoms with Gasteiger partial charge >= 0.3 is 0 Å². The van der Waals surface area contributed by atoms with E-state index in [-0.39, 0.29) is 11.8 Å². The van der Waals surface area contributed by atoms with Gasteiger partial charge in [0.05, 0.1) is 5.92 Å². The second-order valence-corrected chi connectivity index (χ2v) is 10.3. The van der Waals surface area contributed by atoms with E-state index >= 15 is 0 Å². The second kappa shape index (κ2) is 9.74. The monoisotopic (exact) mass is 538 g/mol. The molecule has 1 fully saturated rings. The van der Waals surface area contributed by atoms with E-state index in [4.69, 9.17) is 46.4 Å². The fourth-order valence-corrected chi connectivity index (χ4v) is 5.32. The number of hydrogen-bond acceptors (Lipinski definition) is 2. The standard InChI is InChI=1S/C25H19Cl4FN2O2/c1-2-13-3-6-19(12-20(13)23(33)31-18-7-4-17(30)5-8-18)32-24(34)22-21(25(22,28)29)14-9-15(26)11-16(27)10-14/h3-12,21-22H,2H2,1H3,(H,31,33)(H,32,34). The van der Waals surface area contributed by atoms with E-state index in [1.807, 2.05) is 6.92 Å². The average molecular weight is 540 g/mol. The lowest BCUT2D eigenvalue weighted by atomic mass is 10.0. The first-order valence-electron chi connectivity index (χ1n) is 10.4. The fourth-order valence-electron chi connectivity index (χ4n) is 3.95. The molecule has 2 amide bonds. The Bertz CT molecular complexity index is 1240.